The van der Waals surface area contributed by atoms with E-state index < -0.39 is 16.1 Å². The molecule has 0 aliphatic carbocycles. The van der Waals surface area contributed by atoms with E-state index in [1.807, 2.05) is 30.3 Å². The molecule has 27 heavy (non-hydrogen) atoms. The van der Waals surface area contributed by atoms with Crippen LogP contribution in [-0.4, -0.2) is 26.3 Å². The van der Waals surface area contributed by atoms with Crippen molar-refractivity contribution in [3.05, 3.63) is 76.2 Å². The molecular weight excluding hydrogens is 368 g/mol. The molecule has 3 aromatic rings. The zero-order chi connectivity index (χ0) is 19.2. The van der Waals surface area contributed by atoms with E-state index in [9.17, 15) is 14.9 Å². The smallest absolute Gasteiger partial charge is 0.292 e. The van der Waals surface area contributed by atoms with Gasteiger partial charge in [-0.3, -0.25) is 14.9 Å². The highest BCUT2D eigenvalue weighted by Gasteiger charge is 2.21. The van der Waals surface area contributed by atoms with Gasteiger partial charge < -0.3 is 9.73 Å². The van der Waals surface area contributed by atoms with Gasteiger partial charge in [0, 0.05) is 6.07 Å². The lowest BCUT2D eigenvalue weighted by Crippen LogP contribution is -2.22. The molecule has 0 aliphatic heterocycles. The number of carbonyl (C=O) groups is 1. The standard InChI is InChI=1S/C18H16N4O4S/c1-12(17(23)19-14-9-5-6-10-15(14)22(24)25)27-18-21-20-16(26-18)11-13-7-3-2-4-8-13/h2-10,12H,11H2,1H3,(H,19,23)/t12-/m1/s1. The largest absolute Gasteiger partial charge is 0.416 e. The van der Waals surface area contributed by atoms with Gasteiger partial charge in [-0.15, -0.1) is 10.2 Å². The minimum absolute atomic E-state index is 0.148. The van der Waals surface area contributed by atoms with Crippen molar-refractivity contribution in [1.82, 2.24) is 10.2 Å². The Morgan fingerprint density at radius 1 is 1.19 bits per heavy atom. The minimum atomic E-state index is -0.574. The van der Waals surface area contributed by atoms with Gasteiger partial charge >= 0.3 is 0 Å². The van der Waals surface area contributed by atoms with Gasteiger partial charge in [0.2, 0.25) is 11.8 Å². The first-order chi connectivity index (χ1) is 13.0. The molecule has 9 heteroatoms. The molecule has 0 saturated heterocycles. The third-order valence-electron chi connectivity index (χ3n) is 3.65. The Labute approximate surface area is 159 Å². The van der Waals surface area contributed by atoms with Crippen LogP contribution in [0.3, 0.4) is 0 Å². The normalized spacial score (nSPS) is 11.7. The molecule has 1 heterocycles. The lowest BCUT2D eigenvalue weighted by molar-refractivity contribution is -0.383. The van der Waals surface area contributed by atoms with Crippen molar-refractivity contribution in [3.63, 3.8) is 0 Å². The summed E-state index contributed by atoms with van der Waals surface area (Å²) >= 11 is 1.09. The quantitative estimate of drug-likeness (QED) is 0.376. The van der Waals surface area contributed by atoms with Gasteiger partial charge in [-0.2, -0.15) is 0 Å². The summed E-state index contributed by atoms with van der Waals surface area (Å²) in [6.45, 7) is 1.66. The number of nitrogens with zero attached hydrogens (tertiary/aromatic N) is 3. The van der Waals surface area contributed by atoms with Gasteiger partial charge in [0.25, 0.3) is 10.9 Å². The Morgan fingerprint density at radius 2 is 1.89 bits per heavy atom. The summed E-state index contributed by atoms with van der Waals surface area (Å²) in [6.07, 6.45) is 0.505. The van der Waals surface area contributed by atoms with Gasteiger partial charge in [-0.05, 0) is 18.6 Å². The van der Waals surface area contributed by atoms with Crippen LogP contribution in [0.5, 0.6) is 0 Å². The number of anilines is 1. The fourth-order valence-corrected chi connectivity index (χ4v) is 3.01. The second-order valence-corrected chi connectivity index (χ2v) is 6.94. The first kappa shape index (κ1) is 18.6. The first-order valence-corrected chi connectivity index (χ1v) is 8.98. The molecule has 0 radical (unpaired) electrons. The summed E-state index contributed by atoms with van der Waals surface area (Å²) in [6, 6.07) is 15.7. The topological polar surface area (TPSA) is 111 Å². The Kier molecular flexibility index (Phi) is 5.82. The molecular formula is C18H16N4O4S. The fraction of sp³-hybridized carbons (Fsp3) is 0.167. The zero-order valence-corrected chi connectivity index (χ0v) is 15.2. The number of nitro groups is 1. The summed E-state index contributed by atoms with van der Waals surface area (Å²) in [5, 5.41) is 21.2. The molecule has 1 amide bonds. The van der Waals surface area contributed by atoms with Crippen LogP contribution in [0.15, 0.2) is 64.2 Å². The molecule has 138 valence electrons. The highest BCUT2D eigenvalue weighted by atomic mass is 32.2. The van der Waals surface area contributed by atoms with Crippen molar-refractivity contribution in [3.8, 4) is 0 Å². The van der Waals surface area contributed by atoms with E-state index in [1.165, 1.54) is 12.1 Å². The minimum Gasteiger partial charge on any atom is -0.416 e. The van der Waals surface area contributed by atoms with Gasteiger partial charge in [0.15, 0.2) is 0 Å². The molecule has 0 bridgehead atoms. The van der Waals surface area contributed by atoms with Crippen molar-refractivity contribution >= 4 is 29.0 Å². The maximum absolute atomic E-state index is 12.3. The fourth-order valence-electron chi connectivity index (χ4n) is 2.31. The maximum Gasteiger partial charge on any atom is 0.292 e. The number of para-hydroxylation sites is 2. The van der Waals surface area contributed by atoms with Gasteiger partial charge in [0.05, 0.1) is 16.6 Å². The molecule has 0 unspecified atom stereocenters. The Balaban J connectivity index is 1.61. The molecule has 0 aliphatic rings. The highest BCUT2D eigenvalue weighted by Crippen LogP contribution is 2.27. The molecule has 2 aromatic carbocycles. The van der Waals surface area contributed by atoms with Gasteiger partial charge in [-0.25, -0.2) is 0 Å². The summed E-state index contributed by atoms with van der Waals surface area (Å²) in [5.74, 6) is 0.0621. The number of nitro benzene ring substituents is 1. The number of benzene rings is 2. The van der Waals surface area contributed by atoms with Gasteiger partial charge in [0.1, 0.15) is 5.69 Å². The number of hydrogen-bond acceptors (Lipinski definition) is 7. The zero-order valence-electron chi connectivity index (χ0n) is 14.4. The number of hydrogen-bond donors (Lipinski definition) is 1. The van der Waals surface area contributed by atoms with Crippen LogP contribution in [0, 0.1) is 10.1 Å². The molecule has 1 aromatic heterocycles. The Hall–Kier alpha value is -3.20. The highest BCUT2D eigenvalue weighted by molar-refractivity contribution is 8.00. The molecule has 0 spiro atoms. The van der Waals surface area contributed by atoms with E-state index in [2.05, 4.69) is 15.5 Å². The number of aromatic nitrogens is 2. The molecule has 0 saturated carbocycles. The van der Waals surface area contributed by atoms with Crippen molar-refractivity contribution in [2.24, 2.45) is 0 Å². The summed E-state index contributed by atoms with van der Waals surface area (Å²) in [4.78, 5) is 22.8. The van der Waals surface area contributed by atoms with Crippen LogP contribution in [0.1, 0.15) is 18.4 Å². The van der Waals surface area contributed by atoms with Crippen molar-refractivity contribution < 1.29 is 14.1 Å². The van der Waals surface area contributed by atoms with Crippen molar-refractivity contribution in [2.75, 3.05) is 5.32 Å². The molecule has 0 fully saturated rings. The summed E-state index contributed by atoms with van der Waals surface area (Å²) < 4.78 is 5.57. The van der Waals surface area contributed by atoms with E-state index in [0.29, 0.717) is 12.3 Å². The second kappa shape index (κ2) is 8.45. The Morgan fingerprint density at radius 3 is 2.63 bits per heavy atom. The van der Waals surface area contributed by atoms with Crippen molar-refractivity contribution in [2.45, 2.75) is 23.8 Å². The van der Waals surface area contributed by atoms with E-state index >= 15 is 0 Å². The first-order valence-electron chi connectivity index (χ1n) is 8.10. The summed E-state index contributed by atoms with van der Waals surface area (Å²) in [5.41, 5.74) is 1.03. The van der Waals surface area contributed by atoms with E-state index in [-0.39, 0.29) is 16.6 Å². The average molecular weight is 384 g/mol. The molecule has 1 N–H and O–H groups in total. The number of thioether (sulfide) groups is 1. The molecule has 8 nitrogen and oxygen atoms in total. The number of amides is 1. The third kappa shape index (κ3) is 4.91. The SMILES string of the molecule is C[C@@H](Sc1nnc(Cc2ccccc2)o1)C(=O)Nc1ccccc1[N+](=O)[O-]. The molecule has 3 rings (SSSR count). The summed E-state index contributed by atoms with van der Waals surface area (Å²) in [7, 11) is 0. The monoisotopic (exact) mass is 384 g/mol. The number of rotatable bonds is 7. The van der Waals surface area contributed by atoms with Crippen LogP contribution in [0.2, 0.25) is 0 Å². The van der Waals surface area contributed by atoms with E-state index in [0.717, 1.165) is 17.3 Å². The van der Waals surface area contributed by atoms with E-state index in [1.54, 1.807) is 19.1 Å². The second-order valence-electron chi connectivity index (χ2n) is 5.65. The lowest BCUT2D eigenvalue weighted by atomic mass is 10.2. The van der Waals surface area contributed by atoms with Crippen LogP contribution < -0.4 is 5.32 Å². The van der Waals surface area contributed by atoms with Crippen LogP contribution in [-0.2, 0) is 11.2 Å². The average Bonchev–Trinajstić information content (AvgIpc) is 3.09. The van der Waals surface area contributed by atoms with Crippen molar-refractivity contribution in [1.29, 1.82) is 0 Å². The van der Waals surface area contributed by atoms with Gasteiger partial charge in [-0.1, -0.05) is 54.2 Å². The van der Waals surface area contributed by atoms with E-state index in [4.69, 9.17) is 4.42 Å². The molecule has 1 atom stereocenters. The predicted molar refractivity (Wildman–Crippen MR) is 101 cm³/mol. The Bertz CT molecular complexity index is 945. The number of nitrogens with one attached hydrogen (secondary N) is 1. The predicted octanol–water partition coefficient (Wildman–Crippen LogP) is 3.69. The maximum atomic E-state index is 12.3. The number of carbonyl (C=O) groups excluding carboxylic acids is 1. The van der Waals surface area contributed by atoms with Crippen LogP contribution in [0.25, 0.3) is 0 Å². The van der Waals surface area contributed by atoms with Crippen LogP contribution >= 0.6 is 11.8 Å². The third-order valence-corrected chi connectivity index (χ3v) is 4.59. The lowest BCUT2D eigenvalue weighted by Gasteiger charge is -2.10. The van der Waals surface area contributed by atoms with Crippen LogP contribution in [0.4, 0.5) is 11.4 Å².